The molecule has 1 saturated heterocycles. The Labute approximate surface area is 104 Å². The summed E-state index contributed by atoms with van der Waals surface area (Å²) in [5, 5.41) is 9.68. The van der Waals surface area contributed by atoms with Gasteiger partial charge in [-0.3, -0.25) is 9.69 Å². The van der Waals surface area contributed by atoms with E-state index in [0.29, 0.717) is 5.92 Å². The van der Waals surface area contributed by atoms with Crippen molar-refractivity contribution in [3.63, 3.8) is 0 Å². The predicted octanol–water partition coefficient (Wildman–Crippen LogP) is 2.90. The lowest BCUT2D eigenvalue weighted by Gasteiger charge is -2.44. The van der Waals surface area contributed by atoms with Crippen LogP contribution in [0.15, 0.2) is 0 Å². The molecule has 0 aromatic carbocycles. The Balaban J connectivity index is 2.12. The zero-order valence-electron chi connectivity index (χ0n) is 11.0. The van der Waals surface area contributed by atoms with Crippen LogP contribution in [0.4, 0.5) is 0 Å². The first-order valence-corrected chi connectivity index (χ1v) is 7.13. The normalized spacial score (nSPS) is 36.4. The zero-order chi connectivity index (χ0) is 12.3. The summed E-state index contributed by atoms with van der Waals surface area (Å²) in [5.74, 6) is 0.126. The van der Waals surface area contributed by atoms with Crippen LogP contribution in [-0.4, -0.2) is 34.6 Å². The molecule has 3 heteroatoms. The zero-order valence-corrected chi connectivity index (χ0v) is 11.0. The van der Waals surface area contributed by atoms with Crippen molar-refractivity contribution < 1.29 is 9.90 Å². The van der Waals surface area contributed by atoms with Crippen LogP contribution in [0.3, 0.4) is 0 Å². The van der Waals surface area contributed by atoms with Crippen LogP contribution in [0.2, 0.25) is 0 Å². The van der Waals surface area contributed by atoms with Gasteiger partial charge in [-0.05, 0) is 57.5 Å². The van der Waals surface area contributed by atoms with Crippen LogP contribution in [0.5, 0.6) is 0 Å². The Morgan fingerprint density at radius 1 is 1.12 bits per heavy atom. The molecule has 98 valence electrons. The van der Waals surface area contributed by atoms with Crippen LogP contribution >= 0.6 is 0 Å². The standard InChI is InChI=1S/C14H25NO2/c1-12-6-8-14(9-7-12,13(16)17)15-10-4-2-3-5-11-15/h12H,2-11H2,1H3,(H,16,17). The van der Waals surface area contributed by atoms with Gasteiger partial charge in [0.2, 0.25) is 0 Å². The lowest BCUT2D eigenvalue weighted by atomic mass is 9.76. The fraction of sp³-hybridized carbons (Fsp3) is 0.929. The number of hydrogen-bond acceptors (Lipinski definition) is 2. The van der Waals surface area contributed by atoms with Crippen molar-refractivity contribution in [1.82, 2.24) is 4.90 Å². The van der Waals surface area contributed by atoms with E-state index in [9.17, 15) is 9.90 Å². The summed E-state index contributed by atoms with van der Waals surface area (Å²) in [6.45, 7) is 4.22. The molecule has 0 radical (unpaired) electrons. The number of carbonyl (C=O) groups is 1. The van der Waals surface area contributed by atoms with Gasteiger partial charge in [0.05, 0.1) is 0 Å². The summed E-state index contributed by atoms with van der Waals surface area (Å²) < 4.78 is 0. The van der Waals surface area contributed by atoms with Gasteiger partial charge in [0.15, 0.2) is 0 Å². The van der Waals surface area contributed by atoms with Crippen LogP contribution in [0.25, 0.3) is 0 Å². The number of likely N-dealkylation sites (tertiary alicyclic amines) is 1. The van der Waals surface area contributed by atoms with Gasteiger partial charge in [-0.2, -0.15) is 0 Å². The molecule has 1 heterocycles. The second-order valence-corrected chi connectivity index (χ2v) is 5.92. The fourth-order valence-corrected chi connectivity index (χ4v) is 3.40. The summed E-state index contributed by atoms with van der Waals surface area (Å²) >= 11 is 0. The molecule has 3 nitrogen and oxygen atoms in total. The molecule has 0 bridgehead atoms. The number of carboxylic acids is 1. The third-order valence-electron chi connectivity index (χ3n) is 4.71. The second kappa shape index (κ2) is 5.38. The van der Waals surface area contributed by atoms with Crippen LogP contribution in [0, 0.1) is 5.92 Å². The smallest absolute Gasteiger partial charge is 0.324 e. The highest BCUT2D eigenvalue weighted by molar-refractivity contribution is 5.79. The lowest BCUT2D eigenvalue weighted by Crippen LogP contribution is -2.56. The molecular weight excluding hydrogens is 214 g/mol. The molecule has 2 fully saturated rings. The molecule has 1 aliphatic heterocycles. The molecule has 0 unspecified atom stereocenters. The highest BCUT2D eigenvalue weighted by atomic mass is 16.4. The third-order valence-corrected chi connectivity index (χ3v) is 4.71. The highest BCUT2D eigenvalue weighted by Gasteiger charge is 2.45. The van der Waals surface area contributed by atoms with Crippen LogP contribution in [-0.2, 0) is 4.79 Å². The quantitative estimate of drug-likeness (QED) is 0.805. The molecule has 2 rings (SSSR count). The number of nitrogens with zero attached hydrogens (tertiary/aromatic N) is 1. The minimum absolute atomic E-state index is 0.531. The monoisotopic (exact) mass is 239 g/mol. The molecule has 0 aromatic rings. The Kier molecular flexibility index (Phi) is 4.08. The molecule has 1 aliphatic carbocycles. The van der Waals surface area contributed by atoms with Gasteiger partial charge in [0.25, 0.3) is 0 Å². The SMILES string of the molecule is CC1CCC(C(=O)O)(N2CCCCCC2)CC1. The van der Waals surface area contributed by atoms with Gasteiger partial charge in [-0.25, -0.2) is 0 Å². The van der Waals surface area contributed by atoms with E-state index < -0.39 is 11.5 Å². The summed E-state index contributed by atoms with van der Waals surface area (Å²) in [6.07, 6.45) is 8.72. The average molecular weight is 239 g/mol. The average Bonchev–Trinajstić information content (AvgIpc) is 2.59. The fourth-order valence-electron chi connectivity index (χ4n) is 3.40. The van der Waals surface area contributed by atoms with E-state index in [-0.39, 0.29) is 0 Å². The maximum absolute atomic E-state index is 11.8. The molecule has 1 saturated carbocycles. The van der Waals surface area contributed by atoms with Gasteiger partial charge in [0.1, 0.15) is 5.54 Å². The lowest BCUT2D eigenvalue weighted by molar-refractivity contribution is -0.155. The van der Waals surface area contributed by atoms with E-state index in [1.807, 2.05) is 0 Å². The summed E-state index contributed by atoms with van der Waals surface area (Å²) in [5.41, 5.74) is -0.531. The highest BCUT2D eigenvalue weighted by Crippen LogP contribution is 2.37. The minimum Gasteiger partial charge on any atom is -0.480 e. The molecule has 17 heavy (non-hydrogen) atoms. The summed E-state index contributed by atoms with van der Waals surface area (Å²) in [4.78, 5) is 14.0. The Bertz CT molecular complexity index is 261. The first-order valence-electron chi connectivity index (χ1n) is 7.13. The van der Waals surface area contributed by atoms with Crippen molar-refractivity contribution >= 4 is 5.97 Å². The van der Waals surface area contributed by atoms with Gasteiger partial charge in [-0.1, -0.05) is 19.8 Å². The van der Waals surface area contributed by atoms with Crippen molar-refractivity contribution in [2.24, 2.45) is 5.92 Å². The van der Waals surface area contributed by atoms with Crippen LogP contribution < -0.4 is 0 Å². The van der Waals surface area contributed by atoms with Crippen molar-refractivity contribution in [2.45, 2.75) is 63.8 Å². The van der Waals surface area contributed by atoms with E-state index in [1.165, 1.54) is 25.7 Å². The van der Waals surface area contributed by atoms with E-state index in [4.69, 9.17) is 0 Å². The maximum atomic E-state index is 11.8. The van der Waals surface area contributed by atoms with E-state index in [2.05, 4.69) is 11.8 Å². The Morgan fingerprint density at radius 2 is 1.65 bits per heavy atom. The van der Waals surface area contributed by atoms with Crippen molar-refractivity contribution in [1.29, 1.82) is 0 Å². The number of aliphatic carboxylic acids is 1. The number of rotatable bonds is 2. The largest absolute Gasteiger partial charge is 0.480 e. The molecule has 0 spiro atoms. The van der Waals surface area contributed by atoms with Crippen LogP contribution in [0.1, 0.15) is 58.3 Å². The molecule has 1 N–H and O–H groups in total. The molecule has 0 amide bonds. The number of carboxylic acid groups (broad SMARTS) is 1. The number of hydrogen-bond donors (Lipinski definition) is 1. The van der Waals surface area contributed by atoms with Gasteiger partial charge in [0, 0.05) is 0 Å². The van der Waals surface area contributed by atoms with Gasteiger partial charge in [-0.15, -0.1) is 0 Å². The first kappa shape index (κ1) is 12.9. The molecule has 0 aromatic heterocycles. The van der Waals surface area contributed by atoms with Gasteiger partial charge >= 0.3 is 5.97 Å². The minimum atomic E-state index is -0.577. The molecule has 2 aliphatic rings. The van der Waals surface area contributed by atoms with E-state index in [0.717, 1.165) is 38.8 Å². The third kappa shape index (κ3) is 2.65. The molecule has 0 atom stereocenters. The topological polar surface area (TPSA) is 40.5 Å². The van der Waals surface area contributed by atoms with Gasteiger partial charge < -0.3 is 5.11 Å². The van der Waals surface area contributed by atoms with E-state index >= 15 is 0 Å². The Hall–Kier alpha value is -0.570. The summed E-state index contributed by atoms with van der Waals surface area (Å²) in [7, 11) is 0. The second-order valence-electron chi connectivity index (χ2n) is 5.92. The van der Waals surface area contributed by atoms with E-state index in [1.54, 1.807) is 0 Å². The van der Waals surface area contributed by atoms with Crippen molar-refractivity contribution in [3.8, 4) is 0 Å². The Morgan fingerprint density at radius 3 is 2.12 bits per heavy atom. The molecular formula is C14H25NO2. The van der Waals surface area contributed by atoms with Crippen molar-refractivity contribution in [2.75, 3.05) is 13.1 Å². The predicted molar refractivity (Wildman–Crippen MR) is 68.0 cm³/mol. The first-order chi connectivity index (χ1) is 8.15. The van der Waals surface area contributed by atoms with Crippen molar-refractivity contribution in [3.05, 3.63) is 0 Å². The summed E-state index contributed by atoms with van der Waals surface area (Å²) in [6, 6.07) is 0. The maximum Gasteiger partial charge on any atom is 0.324 e.